The van der Waals surface area contributed by atoms with Gasteiger partial charge in [-0.15, -0.1) is 0 Å². The molecule has 0 unspecified atom stereocenters. The van der Waals surface area contributed by atoms with Crippen molar-refractivity contribution in [2.75, 3.05) is 5.32 Å². The van der Waals surface area contributed by atoms with Gasteiger partial charge in [0.15, 0.2) is 11.6 Å². The fraction of sp³-hybridized carbons (Fsp3) is 0. The SMILES string of the molecule is O=C(Nc1ccc(Oc2ncnc3[nH]ccc23)c(F)c1)c1cc2cccnc2n(-c2ccccc2)c1=O. The molecule has 6 rings (SSSR count). The quantitative estimate of drug-likeness (QED) is 0.356. The van der Waals surface area contributed by atoms with Crippen LogP contribution in [0.3, 0.4) is 0 Å². The molecule has 6 aromatic rings. The average Bonchev–Trinajstić information content (AvgIpc) is 3.40. The third-order valence-electron chi connectivity index (χ3n) is 5.73. The van der Waals surface area contributed by atoms with Crippen molar-refractivity contribution in [3.05, 3.63) is 113 Å². The Labute approximate surface area is 208 Å². The summed E-state index contributed by atoms with van der Waals surface area (Å²) in [6, 6.07) is 19.6. The highest BCUT2D eigenvalue weighted by Crippen LogP contribution is 2.29. The molecule has 180 valence electrons. The topological polar surface area (TPSA) is 115 Å². The Morgan fingerprint density at radius 2 is 1.84 bits per heavy atom. The van der Waals surface area contributed by atoms with Crippen molar-refractivity contribution in [2.45, 2.75) is 0 Å². The van der Waals surface area contributed by atoms with Crippen LogP contribution in [0.25, 0.3) is 27.8 Å². The number of hydrogen-bond donors (Lipinski definition) is 2. The van der Waals surface area contributed by atoms with E-state index in [2.05, 4.69) is 25.3 Å². The Kier molecular flexibility index (Phi) is 5.38. The lowest BCUT2D eigenvalue weighted by Gasteiger charge is -2.13. The minimum atomic E-state index is -0.718. The normalized spacial score (nSPS) is 11.1. The van der Waals surface area contributed by atoms with E-state index in [0.717, 1.165) is 6.07 Å². The number of benzene rings is 2. The predicted molar refractivity (Wildman–Crippen MR) is 136 cm³/mol. The number of nitrogens with zero attached hydrogens (tertiary/aromatic N) is 4. The summed E-state index contributed by atoms with van der Waals surface area (Å²) in [7, 11) is 0. The number of hydrogen-bond acceptors (Lipinski definition) is 6. The van der Waals surface area contributed by atoms with E-state index in [9.17, 15) is 14.0 Å². The number of rotatable bonds is 5. The van der Waals surface area contributed by atoms with E-state index in [0.29, 0.717) is 27.8 Å². The highest BCUT2D eigenvalue weighted by molar-refractivity contribution is 6.05. The number of halogens is 1. The first-order valence-electron chi connectivity index (χ1n) is 11.2. The van der Waals surface area contributed by atoms with Gasteiger partial charge in [-0.05, 0) is 48.5 Å². The lowest BCUT2D eigenvalue weighted by molar-refractivity contribution is 0.102. The number of nitrogens with one attached hydrogen (secondary N) is 2. The molecule has 9 nitrogen and oxygen atoms in total. The fourth-order valence-electron chi connectivity index (χ4n) is 4.02. The first kappa shape index (κ1) is 22.1. The number of para-hydroxylation sites is 1. The number of H-pyrrole nitrogens is 1. The number of fused-ring (bicyclic) bond motifs is 2. The second kappa shape index (κ2) is 9.00. The standard InChI is InChI=1S/C27H17FN6O3/c28-21-14-17(8-9-22(21)37-26-19-10-12-29-23(19)31-15-32-26)33-25(35)20-13-16-5-4-11-30-24(16)34(27(20)36)18-6-2-1-3-7-18/h1-15H,(H,33,35)(H,29,31,32). The van der Waals surface area contributed by atoms with Crippen LogP contribution in [-0.4, -0.2) is 30.4 Å². The zero-order valence-electron chi connectivity index (χ0n) is 19.1. The van der Waals surface area contributed by atoms with Gasteiger partial charge in [0.1, 0.15) is 23.2 Å². The minimum Gasteiger partial charge on any atom is -0.435 e. The first-order chi connectivity index (χ1) is 18.1. The van der Waals surface area contributed by atoms with Crippen molar-refractivity contribution in [1.29, 1.82) is 0 Å². The van der Waals surface area contributed by atoms with Crippen LogP contribution in [0.1, 0.15) is 10.4 Å². The van der Waals surface area contributed by atoms with Crippen molar-refractivity contribution < 1.29 is 13.9 Å². The monoisotopic (exact) mass is 492 g/mol. The molecule has 2 N–H and O–H groups in total. The molecule has 0 aliphatic carbocycles. The summed E-state index contributed by atoms with van der Waals surface area (Å²) in [4.78, 5) is 41.9. The van der Waals surface area contributed by atoms with E-state index in [1.165, 1.54) is 29.1 Å². The molecular formula is C27H17FN6O3. The second-order valence-corrected chi connectivity index (χ2v) is 8.07. The van der Waals surface area contributed by atoms with Gasteiger partial charge in [-0.25, -0.2) is 19.3 Å². The van der Waals surface area contributed by atoms with Gasteiger partial charge in [-0.2, -0.15) is 0 Å². The molecule has 0 atom stereocenters. The number of aromatic nitrogens is 5. The summed E-state index contributed by atoms with van der Waals surface area (Å²) in [6.45, 7) is 0. The van der Waals surface area contributed by atoms with E-state index in [-0.39, 0.29) is 22.9 Å². The summed E-state index contributed by atoms with van der Waals surface area (Å²) < 4.78 is 21.9. The van der Waals surface area contributed by atoms with Crippen molar-refractivity contribution in [3.63, 3.8) is 0 Å². The molecule has 0 bridgehead atoms. The van der Waals surface area contributed by atoms with Crippen LogP contribution in [-0.2, 0) is 0 Å². The predicted octanol–water partition coefficient (Wildman–Crippen LogP) is 4.84. The van der Waals surface area contributed by atoms with E-state index < -0.39 is 17.3 Å². The highest BCUT2D eigenvalue weighted by atomic mass is 19.1. The smallest absolute Gasteiger partial charge is 0.269 e. The Bertz CT molecular complexity index is 1850. The third-order valence-corrected chi connectivity index (χ3v) is 5.73. The molecule has 0 radical (unpaired) electrons. The fourth-order valence-corrected chi connectivity index (χ4v) is 4.02. The molecule has 0 spiro atoms. The largest absolute Gasteiger partial charge is 0.435 e. The maximum absolute atomic E-state index is 14.9. The van der Waals surface area contributed by atoms with Crippen molar-refractivity contribution >= 4 is 33.7 Å². The first-order valence-corrected chi connectivity index (χ1v) is 11.2. The molecule has 0 aliphatic rings. The van der Waals surface area contributed by atoms with Crippen LogP contribution in [0.15, 0.2) is 96.3 Å². The summed E-state index contributed by atoms with van der Waals surface area (Å²) in [6.07, 6.45) is 4.56. The average molecular weight is 492 g/mol. The second-order valence-electron chi connectivity index (χ2n) is 8.07. The molecule has 0 fully saturated rings. The number of amides is 1. The zero-order chi connectivity index (χ0) is 25.4. The maximum atomic E-state index is 14.9. The summed E-state index contributed by atoms with van der Waals surface area (Å²) in [5.74, 6) is -1.29. The Morgan fingerprint density at radius 3 is 2.68 bits per heavy atom. The third kappa shape index (κ3) is 4.06. The molecule has 37 heavy (non-hydrogen) atoms. The van der Waals surface area contributed by atoms with E-state index >= 15 is 0 Å². The van der Waals surface area contributed by atoms with E-state index in [4.69, 9.17) is 4.74 Å². The van der Waals surface area contributed by atoms with Gasteiger partial charge in [-0.3, -0.25) is 14.2 Å². The van der Waals surface area contributed by atoms with Gasteiger partial charge in [0.05, 0.1) is 11.1 Å². The molecule has 0 aliphatic heterocycles. The van der Waals surface area contributed by atoms with Crippen LogP contribution in [0.2, 0.25) is 0 Å². The molecule has 4 aromatic heterocycles. The minimum absolute atomic E-state index is 0.0811. The molecular weight excluding hydrogens is 475 g/mol. The molecule has 0 saturated carbocycles. The van der Waals surface area contributed by atoms with Crippen molar-refractivity contribution in [1.82, 2.24) is 24.5 Å². The molecule has 1 amide bonds. The summed E-state index contributed by atoms with van der Waals surface area (Å²) in [5, 5.41) is 3.80. The number of aromatic amines is 1. The summed E-state index contributed by atoms with van der Waals surface area (Å²) in [5.41, 5.74) is 1.04. The van der Waals surface area contributed by atoms with Crippen LogP contribution >= 0.6 is 0 Å². The van der Waals surface area contributed by atoms with Crippen LogP contribution in [0.4, 0.5) is 10.1 Å². The lowest BCUT2D eigenvalue weighted by atomic mass is 10.1. The lowest BCUT2D eigenvalue weighted by Crippen LogP contribution is -2.29. The number of pyridine rings is 2. The van der Waals surface area contributed by atoms with Gasteiger partial charge in [-0.1, -0.05) is 18.2 Å². The highest BCUT2D eigenvalue weighted by Gasteiger charge is 2.18. The van der Waals surface area contributed by atoms with Crippen LogP contribution in [0.5, 0.6) is 11.6 Å². The van der Waals surface area contributed by atoms with Gasteiger partial charge in [0, 0.05) is 29.5 Å². The molecule has 10 heteroatoms. The zero-order valence-corrected chi connectivity index (χ0v) is 19.1. The van der Waals surface area contributed by atoms with E-state index in [1.54, 1.807) is 54.9 Å². The molecule has 2 aromatic carbocycles. The van der Waals surface area contributed by atoms with Gasteiger partial charge in [0.2, 0.25) is 5.88 Å². The number of carbonyl (C=O) groups excluding carboxylic acids is 1. The Morgan fingerprint density at radius 1 is 0.973 bits per heavy atom. The molecule has 4 heterocycles. The van der Waals surface area contributed by atoms with Crippen LogP contribution in [0, 0.1) is 5.82 Å². The van der Waals surface area contributed by atoms with Gasteiger partial charge >= 0.3 is 0 Å². The maximum Gasteiger partial charge on any atom is 0.269 e. The molecule has 0 saturated heterocycles. The van der Waals surface area contributed by atoms with E-state index in [1.807, 2.05) is 6.07 Å². The van der Waals surface area contributed by atoms with Crippen LogP contribution < -0.4 is 15.6 Å². The van der Waals surface area contributed by atoms with Gasteiger partial charge in [0.25, 0.3) is 11.5 Å². The van der Waals surface area contributed by atoms with Crippen molar-refractivity contribution in [2.24, 2.45) is 0 Å². The van der Waals surface area contributed by atoms with Gasteiger partial charge < -0.3 is 15.0 Å². The summed E-state index contributed by atoms with van der Waals surface area (Å²) >= 11 is 0. The number of ether oxygens (including phenoxy) is 1. The number of carbonyl (C=O) groups is 1. The van der Waals surface area contributed by atoms with Crippen molar-refractivity contribution in [3.8, 4) is 17.3 Å². The Hall–Kier alpha value is -5.38. The number of anilines is 1. The Balaban J connectivity index is 1.32.